The van der Waals surface area contributed by atoms with Gasteiger partial charge in [0.2, 0.25) is 15.9 Å². The lowest BCUT2D eigenvalue weighted by Crippen LogP contribution is -2.30. The number of nitrogens with one attached hydrogen (secondary N) is 1. The molecule has 0 unspecified atom stereocenters. The highest BCUT2D eigenvalue weighted by molar-refractivity contribution is 7.89. The number of benzene rings is 2. The van der Waals surface area contributed by atoms with Crippen molar-refractivity contribution in [2.24, 2.45) is 0 Å². The first-order valence-corrected chi connectivity index (χ1v) is 11.1. The SMILES string of the molecule is CCN(CC)S(=O)(=O)c1ccc2c(c1)nnn2CCC(=O)Nc1ccccc1Cl. The van der Waals surface area contributed by atoms with E-state index < -0.39 is 10.0 Å². The summed E-state index contributed by atoms with van der Waals surface area (Å²) in [6, 6.07) is 11.7. The molecule has 1 N–H and O–H groups in total. The molecule has 0 fully saturated rings. The number of carbonyl (C=O) groups excluding carboxylic acids is 1. The van der Waals surface area contributed by atoms with Gasteiger partial charge < -0.3 is 5.32 Å². The maximum absolute atomic E-state index is 12.7. The number of rotatable bonds is 8. The van der Waals surface area contributed by atoms with Gasteiger partial charge in [-0.3, -0.25) is 4.79 Å². The molecule has 29 heavy (non-hydrogen) atoms. The van der Waals surface area contributed by atoms with Crippen molar-refractivity contribution >= 4 is 44.3 Å². The van der Waals surface area contributed by atoms with Gasteiger partial charge in [-0.05, 0) is 30.3 Å². The lowest BCUT2D eigenvalue weighted by Gasteiger charge is -2.18. The Labute approximate surface area is 174 Å². The smallest absolute Gasteiger partial charge is 0.243 e. The predicted molar refractivity (Wildman–Crippen MR) is 112 cm³/mol. The monoisotopic (exact) mass is 435 g/mol. The second kappa shape index (κ2) is 8.89. The number of para-hydroxylation sites is 1. The van der Waals surface area contributed by atoms with E-state index >= 15 is 0 Å². The van der Waals surface area contributed by atoms with Crippen LogP contribution >= 0.6 is 11.6 Å². The molecule has 0 radical (unpaired) electrons. The molecule has 3 rings (SSSR count). The summed E-state index contributed by atoms with van der Waals surface area (Å²) in [5, 5.41) is 11.3. The Morgan fingerprint density at radius 3 is 2.59 bits per heavy atom. The van der Waals surface area contributed by atoms with Crippen molar-refractivity contribution in [2.45, 2.75) is 31.7 Å². The van der Waals surface area contributed by atoms with Crippen LogP contribution in [0.5, 0.6) is 0 Å². The maximum Gasteiger partial charge on any atom is 0.243 e. The lowest BCUT2D eigenvalue weighted by molar-refractivity contribution is -0.116. The van der Waals surface area contributed by atoms with Crippen LogP contribution in [0.15, 0.2) is 47.4 Å². The van der Waals surface area contributed by atoms with Crippen molar-refractivity contribution < 1.29 is 13.2 Å². The summed E-state index contributed by atoms with van der Waals surface area (Å²) in [6.45, 7) is 4.68. The molecule has 1 aromatic heterocycles. The molecule has 154 valence electrons. The van der Waals surface area contributed by atoms with Crippen molar-refractivity contribution in [3.05, 3.63) is 47.5 Å². The van der Waals surface area contributed by atoms with Crippen molar-refractivity contribution in [2.75, 3.05) is 18.4 Å². The Hall–Kier alpha value is -2.49. The minimum absolute atomic E-state index is 0.170. The Morgan fingerprint density at radius 2 is 1.90 bits per heavy atom. The highest BCUT2D eigenvalue weighted by Gasteiger charge is 2.22. The van der Waals surface area contributed by atoms with Gasteiger partial charge in [-0.1, -0.05) is 42.8 Å². The topological polar surface area (TPSA) is 97.2 Å². The number of aryl methyl sites for hydroxylation is 1. The number of halogens is 1. The molecule has 1 heterocycles. The minimum atomic E-state index is -3.57. The van der Waals surface area contributed by atoms with E-state index in [1.54, 1.807) is 54.9 Å². The van der Waals surface area contributed by atoms with Gasteiger partial charge in [-0.15, -0.1) is 5.10 Å². The third-order valence-corrected chi connectivity index (χ3v) is 6.90. The first kappa shape index (κ1) is 21.2. The number of nitrogens with zero attached hydrogens (tertiary/aromatic N) is 4. The fraction of sp³-hybridized carbons (Fsp3) is 0.316. The van der Waals surface area contributed by atoms with Gasteiger partial charge in [-0.25, -0.2) is 13.1 Å². The molecule has 10 heteroatoms. The molecule has 0 atom stereocenters. The van der Waals surface area contributed by atoms with E-state index in [0.717, 1.165) is 0 Å². The normalized spacial score (nSPS) is 11.9. The van der Waals surface area contributed by atoms with Gasteiger partial charge in [0.1, 0.15) is 5.52 Å². The zero-order valence-electron chi connectivity index (χ0n) is 16.2. The van der Waals surface area contributed by atoms with Gasteiger partial charge in [0.05, 0.1) is 27.7 Å². The molecule has 8 nitrogen and oxygen atoms in total. The number of hydrogen-bond donors (Lipinski definition) is 1. The van der Waals surface area contributed by atoms with Crippen molar-refractivity contribution in [3.63, 3.8) is 0 Å². The number of aromatic nitrogens is 3. The van der Waals surface area contributed by atoms with E-state index in [4.69, 9.17) is 11.6 Å². The summed E-state index contributed by atoms with van der Waals surface area (Å²) in [6.07, 6.45) is 0.170. The van der Waals surface area contributed by atoms with Gasteiger partial charge in [0, 0.05) is 19.5 Å². The molecular weight excluding hydrogens is 414 g/mol. The molecule has 0 aliphatic heterocycles. The molecule has 3 aromatic rings. The summed E-state index contributed by atoms with van der Waals surface area (Å²) in [5.41, 5.74) is 1.67. The predicted octanol–water partition coefficient (Wildman–Crippen LogP) is 3.14. The number of sulfonamides is 1. The van der Waals surface area contributed by atoms with Gasteiger partial charge in [-0.2, -0.15) is 4.31 Å². The summed E-state index contributed by atoms with van der Waals surface area (Å²) >= 11 is 6.05. The van der Waals surface area contributed by atoms with Crippen LogP contribution in [0.25, 0.3) is 11.0 Å². The molecular formula is C19H22ClN5O3S. The summed E-state index contributed by atoms with van der Waals surface area (Å²) in [7, 11) is -3.57. The fourth-order valence-electron chi connectivity index (χ4n) is 2.97. The number of hydrogen-bond acceptors (Lipinski definition) is 5. The van der Waals surface area contributed by atoms with Crippen LogP contribution in [0.1, 0.15) is 20.3 Å². The van der Waals surface area contributed by atoms with Crippen LogP contribution < -0.4 is 5.32 Å². The van der Waals surface area contributed by atoms with Gasteiger partial charge in [0.25, 0.3) is 0 Å². The Morgan fingerprint density at radius 1 is 1.17 bits per heavy atom. The molecule has 0 spiro atoms. The van der Waals surface area contributed by atoms with E-state index in [0.29, 0.717) is 41.4 Å². The molecule has 1 amide bonds. The van der Waals surface area contributed by atoms with Crippen LogP contribution in [0.2, 0.25) is 5.02 Å². The van der Waals surface area contributed by atoms with E-state index in [9.17, 15) is 13.2 Å². The lowest BCUT2D eigenvalue weighted by atomic mass is 10.3. The summed E-state index contributed by atoms with van der Waals surface area (Å²) in [5.74, 6) is -0.206. The number of amides is 1. The highest BCUT2D eigenvalue weighted by Crippen LogP contribution is 2.22. The number of fused-ring (bicyclic) bond motifs is 1. The van der Waals surface area contributed by atoms with Crippen LogP contribution in [-0.2, 0) is 21.4 Å². The third-order valence-electron chi connectivity index (χ3n) is 4.53. The second-order valence-corrected chi connectivity index (χ2v) is 8.68. The largest absolute Gasteiger partial charge is 0.325 e. The molecule has 0 aliphatic carbocycles. The molecule has 0 bridgehead atoms. The van der Waals surface area contributed by atoms with Crippen molar-refractivity contribution in [3.8, 4) is 0 Å². The Bertz CT molecular complexity index is 1130. The third kappa shape index (κ3) is 4.58. The minimum Gasteiger partial charge on any atom is -0.325 e. The average molecular weight is 436 g/mol. The zero-order chi connectivity index (χ0) is 21.0. The molecule has 0 aliphatic rings. The second-order valence-electron chi connectivity index (χ2n) is 6.33. The van der Waals surface area contributed by atoms with Gasteiger partial charge in [0.15, 0.2) is 0 Å². The number of carbonyl (C=O) groups is 1. The van der Waals surface area contributed by atoms with Gasteiger partial charge >= 0.3 is 0 Å². The maximum atomic E-state index is 12.7. The summed E-state index contributed by atoms with van der Waals surface area (Å²) in [4.78, 5) is 12.4. The van der Waals surface area contributed by atoms with E-state index in [-0.39, 0.29) is 17.2 Å². The first-order valence-electron chi connectivity index (χ1n) is 9.24. The van der Waals surface area contributed by atoms with Crippen LogP contribution in [0.3, 0.4) is 0 Å². The quantitative estimate of drug-likeness (QED) is 0.586. The molecule has 0 saturated heterocycles. The van der Waals surface area contributed by atoms with Crippen molar-refractivity contribution in [1.29, 1.82) is 0 Å². The fourth-order valence-corrected chi connectivity index (χ4v) is 4.63. The van der Waals surface area contributed by atoms with E-state index in [1.807, 2.05) is 0 Å². The van der Waals surface area contributed by atoms with Crippen LogP contribution in [0, 0.1) is 0 Å². The molecule has 0 saturated carbocycles. The zero-order valence-corrected chi connectivity index (χ0v) is 17.7. The summed E-state index contributed by atoms with van der Waals surface area (Å²) < 4.78 is 28.3. The van der Waals surface area contributed by atoms with E-state index in [2.05, 4.69) is 15.6 Å². The van der Waals surface area contributed by atoms with Crippen LogP contribution in [0.4, 0.5) is 5.69 Å². The average Bonchev–Trinajstić information content (AvgIpc) is 3.11. The Balaban J connectivity index is 1.73. The van der Waals surface area contributed by atoms with Crippen molar-refractivity contribution in [1.82, 2.24) is 19.3 Å². The van der Waals surface area contributed by atoms with Crippen LogP contribution in [-0.4, -0.2) is 46.7 Å². The Kier molecular flexibility index (Phi) is 6.51. The first-order chi connectivity index (χ1) is 13.9. The number of anilines is 1. The van der Waals surface area contributed by atoms with E-state index in [1.165, 1.54) is 10.4 Å². The highest BCUT2D eigenvalue weighted by atomic mass is 35.5. The standard InChI is InChI=1S/C19H22ClN5O3S/c1-3-24(4-2)29(27,28)14-9-10-18-17(13-14)22-23-25(18)12-11-19(26)21-16-8-6-5-7-15(16)20/h5-10,13H,3-4,11-12H2,1-2H3,(H,21,26). The molecule has 2 aromatic carbocycles.